The Kier molecular flexibility index (Phi) is 3.91. The molecule has 0 amide bonds. The van der Waals surface area contributed by atoms with Gasteiger partial charge in [0, 0.05) is 13.1 Å². The largest absolute Gasteiger partial charge is 0.269 e. The summed E-state index contributed by atoms with van der Waals surface area (Å²) in [5.74, 6) is -4.99. The smallest absolute Gasteiger partial charge is 0.269 e. The van der Waals surface area contributed by atoms with Gasteiger partial charge in [-0.15, -0.1) is 0 Å². The first kappa shape index (κ1) is 15.3. The Hall–Kier alpha value is -2.09. The van der Waals surface area contributed by atoms with Crippen molar-refractivity contribution in [1.29, 1.82) is 0 Å². The van der Waals surface area contributed by atoms with Crippen molar-refractivity contribution in [2.45, 2.75) is 4.90 Å². The third-order valence-electron chi connectivity index (χ3n) is 2.80. The molecule has 2 aromatic carbocycles. The van der Waals surface area contributed by atoms with Gasteiger partial charge in [0.15, 0.2) is 16.5 Å². The van der Waals surface area contributed by atoms with Gasteiger partial charge in [0.25, 0.3) is 10.0 Å². The molecule has 0 aliphatic heterocycles. The molecule has 0 aromatic heterocycles. The van der Waals surface area contributed by atoms with Crippen molar-refractivity contribution in [3.63, 3.8) is 0 Å². The van der Waals surface area contributed by atoms with Gasteiger partial charge in [-0.05, 0) is 24.3 Å². The normalized spacial score (nSPS) is 11.5. The Labute approximate surface area is 118 Å². The molecule has 0 N–H and O–H groups in total. The molecule has 0 saturated heterocycles. The lowest BCUT2D eigenvalue weighted by atomic mass is 10.3. The number of nitrogens with zero attached hydrogens (tertiary/aromatic N) is 1. The highest BCUT2D eigenvalue weighted by Crippen LogP contribution is 2.26. The van der Waals surface area contributed by atoms with Crippen LogP contribution in [-0.4, -0.2) is 15.5 Å². The van der Waals surface area contributed by atoms with Crippen LogP contribution in [0.4, 0.5) is 23.2 Å². The minimum Gasteiger partial charge on any atom is -0.269 e. The molecule has 0 heterocycles. The van der Waals surface area contributed by atoms with Gasteiger partial charge in [-0.1, -0.05) is 6.07 Å². The highest BCUT2D eigenvalue weighted by molar-refractivity contribution is 7.92. The van der Waals surface area contributed by atoms with E-state index in [1.807, 2.05) is 0 Å². The Morgan fingerprint density at radius 3 is 1.95 bits per heavy atom. The van der Waals surface area contributed by atoms with Gasteiger partial charge in [0.1, 0.15) is 11.6 Å². The topological polar surface area (TPSA) is 37.4 Å². The standard InChI is InChI=1S/C13H9F4NO2S/c1-18(8-5-6-9(14)12(17)7-8)21(19,20)13-10(15)3-2-4-11(13)16/h2-7H,1H3. The highest BCUT2D eigenvalue weighted by atomic mass is 32.2. The second-order valence-corrected chi connectivity index (χ2v) is 6.03. The minimum atomic E-state index is -4.59. The lowest BCUT2D eigenvalue weighted by Crippen LogP contribution is -2.28. The van der Waals surface area contributed by atoms with E-state index in [1.54, 1.807) is 0 Å². The molecule has 0 spiro atoms. The van der Waals surface area contributed by atoms with Crippen LogP contribution in [0.2, 0.25) is 0 Å². The zero-order valence-corrected chi connectivity index (χ0v) is 11.5. The Morgan fingerprint density at radius 2 is 1.43 bits per heavy atom. The van der Waals surface area contributed by atoms with Crippen LogP contribution >= 0.6 is 0 Å². The molecule has 2 rings (SSSR count). The third-order valence-corrected chi connectivity index (χ3v) is 4.64. The highest BCUT2D eigenvalue weighted by Gasteiger charge is 2.29. The van der Waals surface area contributed by atoms with E-state index < -0.39 is 38.2 Å². The number of hydrogen-bond donors (Lipinski definition) is 0. The van der Waals surface area contributed by atoms with E-state index >= 15 is 0 Å². The van der Waals surface area contributed by atoms with Crippen molar-refractivity contribution in [2.75, 3.05) is 11.4 Å². The summed E-state index contributed by atoms with van der Waals surface area (Å²) in [6.07, 6.45) is 0. The second kappa shape index (κ2) is 5.36. The van der Waals surface area contributed by atoms with Crippen molar-refractivity contribution in [1.82, 2.24) is 0 Å². The molecule has 0 unspecified atom stereocenters. The minimum absolute atomic E-state index is 0.267. The molecule has 0 bridgehead atoms. The average Bonchev–Trinajstić information content (AvgIpc) is 2.40. The first-order chi connectivity index (χ1) is 9.75. The molecular formula is C13H9F4NO2S. The first-order valence-corrected chi connectivity index (χ1v) is 7.07. The van der Waals surface area contributed by atoms with Crippen molar-refractivity contribution >= 4 is 15.7 Å². The fourth-order valence-corrected chi connectivity index (χ4v) is 2.98. The fourth-order valence-electron chi connectivity index (χ4n) is 1.69. The maximum atomic E-state index is 13.6. The Morgan fingerprint density at radius 1 is 0.857 bits per heavy atom. The summed E-state index contributed by atoms with van der Waals surface area (Å²) in [6.45, 7) is 0. The van der Waals surface area contributed by atoms with E-state index in [9.17, 15) is 26.0 Å². The number of anilines is 1. The van der Waals surface area contributed by atoms with Gasteiger partial charge < -0.3 is 0 Å². The monoisotopic (exact) mass is 319 g/mol. The van der Waals surface area contributed by atoms with Gasteiger partial charge in [-0.3, -0.25) is 4.31 Å². The summed E-state index contributed by atoms with van der Waals surface area (Å²) < 4.78 is 78.0. The summed E-state index contributed by atoms with van der Waals surface area (Å²) in [5.41, 5.74) is -0.267. The summed E-state index contributed by atoms with van der Waals surface area (Å²) in [4.78, 5) is -1.16. The van der Waals surface area contributed by atoms with E-state index in [0.717, 1.165) is 31.3 Å². The van der Waals surface area contributed by atoms with Gasteiger partial charge in [-0.25, -0.2) is 26.0 Å². The fraction of sp³-hybridized carbons (Fsp3) is 0.0769. The molecule has 0 aliphatic carbocycles. The van der Waals surface area contributed by atoms with Crippen LogP contribution in [0.25, 0.3) is 0 Å². The maximum Gasteiger partial charge on any atom is 0.269 e. The molecular weight excluding hydrogens is 310 g/mol. The van der Waals surface area contributed by atoms with Gasteiger partial charge in [-0.2, -0.15) is 0 Å². The van der Waals surface area contributed by atoms with E-state index in [0.29, 0.717) is 16.4 Å². The van der Waals surface area contributed by atoms with Crippen LogP contribution < -0.4 is 4.31 Å². The average molecular weight is 319 g/mol. The number of halogens is 4. The van der Waals surface area contributed by atoms with E-state index in [4.69, 9.17) is 0 Å². The van der Waals surface area contributed by atoms with Crippen molar-refractivity contribution in [3.8, 4) is 0 Å². The van der Waals surface area contributed by atoms with Crippen LogP contribution in [0.1, 0.15) is 0 Å². The number of benzene rings is 2. The molecule has 0 radical (unpaired) electrons. The van der Waals surface area contributed by atoms with Gasteiger partial charge in [0.2, 0.25) is 0 Å². The van der Waals surface area contributed by atoms with E-state index in [1.165, 1.54) is 0 Å². The molecule has 8 heteroatoms. The van der Waals surface area contributed by atoms with Crippen LogP contribution in [0.15, 0.2) is 41.3 Å². The van der Waals surface area contributed by atoms with Crippen LogP contribution in [0.3, 0.4) is 0 Å². The van der Waals surface area contributed by atoms with E-state index in [2.05, 4.69) is 0 Å². The SMILES string of the molecule is CN(c1ccc(F)c(F)c1)S(=O)(=O)c1c(F)cccc1F. The summed E-state index contributed by atoms with van der Waals surface area (Å²) >= 11 is 0. The quantitative estimate of drug-likeness (QED) is 0.816. The van der Waals surface area contributed by atoms with Crippen LogP contribution in [0.5, 0.6) is 0 Å². The molecule has 3 nitrogen and oxygen atoms in total. The van der Waals surface area contributed by atoms with Crippen molar-refractivity contribution < 1.29 is 26.0 Å². The molecule has 0 atom stereocenters. The third kappa shape index (κ3) is 2.71. The predicted octanol–water partition coefficient (Wildman–Crippen LogP) is 3.07. The zero-order valence-electron chi connectivity index (χ0n) is 10.6. The summed E-state index contributed by atoms with van der Waals surface area (Å²) in [7, 11) is -3.61. The maximum absolute atomic E-state index is 13.6. The number of sulfonamides is 1. The molecule has 0 saturated carbocycles. The number of rotatable bonds is 3. The van der Waals surface area contributed by atoms with Gasteiger partial charge >= 0.3 is 0 Å². The lowest BCUT2D eigenvalue weighted by molar-refractivity contribution is 0.508. The molecule has 112 valence electrons. The predicted molar refractivity (Wildman–Crippen MR) is 68.3 cm³/mol. The molecule has 2 aromatic rings. The van der Waals surface area contributed by atoms with Crippen LogP contribution in [0, 0.1) is 23.3 Å². The molecule has 21 heavy (non-hydrogen) atoms. The summed E-state index contributed by atoms with van der Waals surface area (Å²) in [5, 5.41) is 0. The van der Waals surface area contributed by atoms with Crippen LogP contribution in [-0.2, 0) is 10.0 Å². The first-order valence-electron chi connectivity index (χ1n) is 5.63. The zero-order chi connectivity index (χ0) is 15.8. The molecule has 0 aliphatic rings. The number of hydrogen-bond acceptors (Lipinski definition) is 2. The molecule has 0 fully saturated rings. The lowest BCUT2D eigenvalue weighted by Gasteiger charge is -2.20. The Bertz CT molecular complexity index is 773. The van der Waals surface area contributed by atoms with E-state index in [-0.39, 0.29) is 5.69 Å². The van der Waals surface area contributed by atoms with Gasteiger partial charge in [0.05, 0.1) is 5.69 Å². The van der Waals surface area contributed by atoms with Crippen molar-refractivity contribution in [3.05, 3.63) is 59.7 Å². The summed E-state index contributed by atoms with van der Waals surface area (Å²) in [6, 6.07) is 4.90. The van der Waals surface area contributed by atoms with Crippen molar-refractivity contribution in [2.24, 2.45) is 0 Å². The Balaban J connectivity index is 2.55. The second-order valence-electron chi connectivity index (χ2n) is 4.12.